The van der Waals surface area contributed by atoms with Gasteiger partial charge >= 0.3 is 0 Å². The highest BCUT2D eigenvalue weighted by atomic mass is 16.3. The molecule has 1 aliphatic rings. The number of rotatable bonds is 5. The van der Waals surface area contributed by atoms with Gasteiger partial charge in [-0.15, -0.1) is 0 Å². The van der Waals surface area contributed by atoms with Crippen molar-refractivity contribution in [2.24, 2.45) is 5.92 Å². The fourth-order valence-electron chi connectivity index (χ4n) is 2.77. The molecule has 0 saturated heterocycles. The summed E-state index contributed by atoms with van der Waals surface area (Å²) < 4.78 is 1.85. The molecule has 19 heavy (non-hydrogen) atoms. The first kappa shape index (κ1) is 12.4. The number of nitrogens with zero attached hydrogens (tertiary/aromatic N) is 3. The Hall–Kier alpha value is -1.68. The third kappa shape index (κ3) is 2.54. The monoisotopic (exact) mass is 257 g/mol. The van der Waals surface area contributed by atoms with Crippen molar-refractivity contribution in [3.8, 4) is 0 Å². The number of hydrogen-bond donors (Lipinski definition) is 1. The Bertz CT molecular complexity index is 537. The van der Waals surface area contributed by atoms with Crippen LogP contribution in [0.4, 0.5) is 0 Å². The van der Waals surface area contributed by atoms with Crippen LogP contribution in [-0.4, -0.2) is 26.0 Å². The molecule has 4 heteroatoms. The van der Waals surface area contributed by atoms with Crippen molar-refractivity contribution >= 4 is 0 Å². The first-order valence-corrected chi connectivity index (χ1v) is 6.89. The van der Waals surface area contributed by atoms with Crippen molar-refractivity contribution in [1.82, 2.24) is 14.8 Å². The second-order valence-electron chi connectivity index (χ2n) is 5.18. The summed E-state index contributed by atoms with van der Waals surface area (Å²) in [5, 5.41) is 14.5. The molecule has 0 amide bonds. The molecule has 1 fully saturated rings. The average Bonchev–Trinajstić information content (AvgIpc) is 3.14. The fourth-order valence-corrected chi connectivity index (χ4v) is 2.77. The van der Waals surface area contributed by atoms with E-state index in [2.05, 4.69) is 34.3 Å². The Labute approximate surface area is 113 Å². The van der Waals surface area contributed by atoms with E-state index in [0.29, 0.717) is 18.3 Å². The van der Waals surface area contributed by atoms with Gasteiger partial charge in [-0.05, 0) is 30.7 Å². The average molecular weight is 257 g/mol. The highest BCUT2D eigenvalue weighted by Crippen LogP contribution is 2.49. The van der Waals surface area contributed by atoms with Gasteiger partial charge in [0.05, 0.1) is 6.10 Å². The lowest BCUT2D eigenvalue weighted by Gasteiger charge is -2.10. The number of aliphatic hydroxyl groups excluding tert-OH is 1. The predicted octanol–water partition coefficient (Wildman–Crippen LogP) is 2.01. The van der Waals surface area contributed by atoms with E-state index in [1.54, 1.807) is 6.33 Å². The molecule has 2 aromatic rings. The third-order valence-electron chi connectivity index (χ3n) is 3.95. The summed E-state index contributed by atoms with van der Waals surface area (Å²) in [4.78, 5) is 4.23. The van der Waals surface area contributed by atoms with E-state index >= 15 is 0 Å². The van der Waals surface area contributed by atoms with Crippen molar-refractivity contribution in [3.05, 3.63) is 48.0 Å². The van der Waals surface area contributed by atoms with Crippen molar-refractivity contribution in [3.63, 3.8) is 0 Å². The Morgan fingerprint density at radius 2 is 2.16 bits per heavy atom. The highest BCUT2D eigenvalue weighted by molar-refractivity contribution is 5.26. The van der Waals surface area contributed by atoms with Crippen LogP contribution in [0.1, 0.15) is 30.7 Å². The van der Waals surface area contributed by atoms with Gasteiger partial charge in [-0.3, -0.25) is 4.68 Å². The summed E-state index contributed by atoms with van der Waals surface area (Å²) in [6, 6.07) is 10.4. The molecule has 0 spiro atoms. The molecule has 3 atom stereocenters. The molecule has 3 rings (SSSR count). The van der Waals surface area contributed by atoms with Gasteiger partial charge in [0.2, 0.25) is 0 Å². The fraction of sp³-hybridized carbons (Fsp3) is 0.467. The Morgan fingerprint density at radius 3 is 2.89 bits per heavy atom. The molecule has 0 aliphatic heterocycles. The SMILES string of the molecule is CCn1ncnc1CC(O)C1CC1c1ccccc1. The number of aryl methyl sites for hydroxylation is 1. The lowest BCUT2D eigenvalue weighted by molar-refractivity contribution is 0.145. The third-order valence-corrected chi connectivity index (χ3v) is 3.95. The summed E-state index contributed by atoms with van der Waals surface area (Å²) in [6.07, 6.45) is 2.92. The zero-order chi connectivity index (χ0) is 13.2. The van der Waals surface area contributed by atoms with E-state index in [4.69, 9.17) is 0 Å². The van der Waals surface area contributed by atoms with Crippen LogP contribution < -0.4 is 0 Å². The lowest BCUT2D eigenvalue weighted by atomic mass is 10.0. The molecular weight excluding hydrogens is 238 g/mol. The van der Waals surface area contributed by atoms with Gasteiger partial charge in [-0.1, -0.05) is 30.3 Å². The quantitative estimate of drug-likeness (QED) is 0.891. The molecule has 1 aromatic heterocycles. The molecule has 1 saturated carbocycles. The maximum atomic E-state index is 10.3. The molecule has 1 aromatic carbocycles. The summed E-state index contributed by atoms with van der Waals surface area (Å²) in [6.45, 7) is 2.84. The smallest absolute Gasteiger partial charge is 0.138 e. The van der Waals surface area contributed by atoms with E-state index in [-0.39, 0.29) is 6.10 Å². The summed E-state index contributed by atoms with van der Waals surface area (Å²) >= 11 is 0. The van der Waals surface area contributed by atoms with Crippen molar-refractivity contribution in [1.29, 1.82) is 0 Å². The normalized spacial score (nSPS) is 23.3. The van der Waals surface area contributed by atoms with E-state index in [9.17, 15) is 5.11 Å². The molecular formula is C15H19N3O. The zero-order valence-electron chi connectivity index (χ0n) is 11.1. The number of benzene rings is 1. The largest absolute Gasteiger partial charge is 0.392 e. The van der Waals surface area contributed by atoms with Crippen LogP contribution in [0.15, 0.2) is 36.7 Å². The minimum absolute atomic E-state index is 0.320. The first-order chi connectivity index (χ1) is 9.29. The molecule has 1 heterocycles. The standard InChI is InChI=1S/C15H19N3O/c1-2-18-15(16-10-17-18)9-14(19)13-8-12(13)11-6-4-3-5-7-11/h3-7,10,12-14,19H,2,8-9H2,1H3. The summed E-state index contributed by atoms with van der Waals surface area (Å²) in [5.41, 5.74) is 1.34. The highest BCUT2D eigenvalue weighted by Gasteiger charge is 2.43. The van der Waals surface area contributed by atoms with Crippen molar-refractivity contribution < 1.29 is 5.11 Å². The Morgan fingerprint density at radius 1 is 1.37 bits per heavy atom. The minimum Gasteiger partial charge on any atom is -0.392 e. The second-order valence-corrected chi connectivity index (χ2v) is 5.18. The van der Waals surface area contributed by atoms with Gasteiger partial charge < -0.3 is 5.11 Å². The van der Waals surface area contributed by atoms with Gasteiger partial charge in [0.1, 0.15) is 12.2 Å². The number of aromatic nitrogens is 3. The molecule has 1 N–H and O–H groups in total. The molecule has 1 aliphatic carbocycles. The summed E-state index contributed by atoms with van der Waals surface area (Å²) in [7, 11) is 0. The van der Waals surface area contributed by atoms with E-state index < -0.39 is 0 Å². The van der Waals surface area contributed by atoms with Crippen LogP contribution in [0.5, 0.6) is 0 Å². The van der Waals surface area contributed by atoms with E-state index in [1.165, 1.54) is 5.56 Å². The molecule has 100 valence electrons. The molecule has 0 radical (unpaired) electrons. The zero-order valence-corrected chi connectivity index (χ0v) is 11.1. The topological polar surface area (TPSA) is 50.9 Å². The Balaban J connectivity index is 1.63. The lowest BCUT2D eigenvalue weighted by Crippen LogP contribution is -2.18. The van der Waals surface area contributed by atoms with Gasteiger partial charge in [0.15, 0.2) is 0 Å². The van der Waals surface area contributed by atoms with Gasteiger partial charge in [0, 0.05) is 13.0 Å². The Kier molecular flexibility index (Phi) is 3.34. The molecule has 3 unspecified atom stereocenters. The van der Waals surface area contributed by atoms with Crippen LogP contribution in [0.2, 0.25) is 0 Å². The summed E-state index contributed by atoms with van der Waals surface area (Å²) in [5.74, 6) is 1.76. The van der Waals surface area contributed by atoms with Crippen LogP contribution in [-0.2, 0) is 13.0 Å². The maximum absolute atomic E-state index is 10.3. The first-order valence-electron chi connectivity index (χ1n) is 6.89. The van der Waals surface area contributed by atoms with Crippen LogP contribution in [0, 0.1) is 5.92 Å². The van der Waals surface area contributed by atoms with E-state index in [0.717, 1.165) is 18.8 Å². The number of aliphatic hydroxyl groups is 1. The predicted molar refractivity (Wildman–Crippen MR) is 72.7 cm³/mol. The molecule has 0 bridgehead atoms. The maximum Gasteiger partial charge on any atom is 0.138 e. The van der Waals surface area contributed by atoms with Crippen LogP contribution >= 0.6 is 0 Å². The van der Waals surface area contributed by atoms with Gasteiger partial charge in [0.25, 0.3) is 0 Å². The number of hydrogen-bond acceptors (Lipinski definition) is 3. The molecule has 4 nitrogen and oxygen atoms in total. The van der Waals surface area contributed by atoms with Crippen molar-refractivity contribution in [2.45, 2.75) is 38.3 Å². The minimum atomic E-state index is -0.320. The van der Waals surface area contributed by atoms with E-state index in [1.807, 2.05) is 17.7 Å². The van der Waals surface area contributed by atoms with Gasteiger partial charge in [-0.25, -0.2) is 4.98 Å². The van der Waals surface area contributed by atoms with Crippen LogP contribution in [0.3, 0.4) is 0 Å². The van der Waals surface area contributed by atoms with Crippen LogP contribution in [0.25, 0.3) is 0 Å². The van der Waals surface area contributed by atoms with Crippen molar-refractivity contribution in [2.75, 3.05) is 0 Å². The van der Waals surface area contributed by atoms with Gasteiger partial charge in [-0.2, -0.15) is 5.10 Å². The second kappa shape index (κ2) is 5.13.